The molecule has 0 amide bonds. The fourth-order valence-electron chi connectivity index (χ4n) is 3.11. The van der Waals surface area contributed by atoms with Crippen LogP contribution in [0.25, 0.3) is 5.69 Å². The van der Waals surface area contributed by atoms with Gasteiger partial charge in [-0.25, -0.2) is 0 Å². The van der Waals surface area contributed by atoms with Crippen molar-refractivity contribution in [3.8, 4) is 17.4 Å². The number of hydrogen-bond donors (Lipinski definition) is 2. The third kappa shape index (κ3) is 1.75. The Morgan fingerprint density at radius 3 is 2.00 bits per heavy atom. The van der Waals surface area contributed by atoms with Crippen LogP contribution < -0.4 is 0 Å². The van der Waals surface area contributed by atoms with Gasteiger partial charge in [0.15, 0.2) is 11.6 Å². The van der Waals surface area contributed by atoms with E-state index in [0.29, 0.717) is 5.69 Å². The second kappa shape index (κ2) is 4.83. The number of aryl methyl sites for hydroxylation is 1. The number of aromatic hydroxyl groups is 2. The smallest absolute Gasteiger partial charge is 0.210 e. The average Bonchev–Trinajstić information content (AvgIpc) is 2.84. The van der Waals surface area contributed by atoms with Gasteiger partial charge in [0.25, 0.3) is 0 Å². The Morgan fingerprint density at radius 1 is 0.792 bits per heavy atom. The number of benzene rings is 2. The van der Waals surface area contributed by atoms with Crippen LogP contribution in [-0.2, 0) is 0 Å². The number of rotatable bonds is 1. The Balaban J connectivity index is 2.03. The summed E-state index contributed by atoms with van der Waals surface area (Å²) in [4.78, 5) is 25.5. The minimum atomic E-state index is -0.470. The van der Waals surface area contributed by atoms with Crippen LogP contribution in [0, 0.1) is 6.92 Å². The molecule has 2 N–H and O–H groups in total. The number of nitrogens with zero attached hydrogens (tertiary/aromatic N) is 1. The van der Waals surface area contributed by atoms with Gasteiger partial charge in [0, 0.05) is 11.1 Å². The maximum atomic E-state index is 12.8. The summed E-state index contributed by atoms with van der Waals surface area (Å²) in [6, 6.07) is 13.5. The zero-order valence-electron chi connectivity index (χ0n) is 12.8. The SMILES string of the molecule is Cc1ccc2c(c1)C(=O)c1c(c(O)n(-c3ccccc3)c1O)C2=O. The number of para-hydroxylation sites is 1. The van der Waals surface area contributed by atoms with E-state index in [1.165, 1.54) is 0 Å². The minimum absolute atomic E-state index is 0.153. The van der Waals surface area contributed by atoms with Gasteiger partial charge in [0.1, 0.15) is 0 Å². The lowest BCUT2D eigenvalue weighted by molar-refractivity contribution is 0.0976. The number of aromatic nitrogens is 1. The van der Waals surface area contributed by atoms with Crippen LogP contribution in [-0.4, -0.2) is 26.3 Å². The van der Waals surface area contributed by atoms with Crippen molar-refractivity contribution in [3.63, 3.8) is 0 Å². The van der Waals surface area contributed by atoms with E-state index < -0.39 is 23.3 Å². The van der Waals surface area contributed by atoms with Gasteiger partial charge in [0.2, 0.25) is 11.8 Å². The van der Waals surface area contributed by atoms with Crippen LogP contribution in [0.4, 0.5) is 0 Å². The molecule has 3 aromatic rings. The molecule has 24 heavy (non-hydrogen) atoms. The lowest BCUT2D eigenvalue weighted by atomic mass is 9.85. The molecule has 0 spiro atoms. The van der Waals surface area contributed by atoms with Gasteiger partial charge in [0.05, 0.1) is 16.8 Å². The van der Waals surface area contributed by atoms with E-state index in [0.717, 1.165) is 10.1 Å². The molecule has 2 aromatic carbocycles. The quantitative estimate of drug-likeness (QED) is 0.565. The van der Waals surface area contributed by atoms with Gasteiger partial charge in [-0.3, -0.25) is 14.2 Å². The molecule has 0 bridgehead atoms. The molecule has 118 valence electrons. The summed E-state index contributed by atoms with van der Waals surface area (Å²) in [6.07, 6.45) is 0. The zero-order chi connectivity index (χ0) is 17.0. The standard InChI is InChI=1S/C19H13NO4/c1-10-7-8-12-13(9-10)17(22)15-14(16(12)21)18(23)20(19(15)24)11-5-3-2-4-6-11/h2-9,23-24H,1H3. The van der Waals surface area contributed by atoms with Gasteiger partial charge < -0.3 is 10.2 Å². The monoisotopic (exact) mass is 319 g/mol. The summed E-state index contributed by atoms with van der Waals surface area (Å²) in [5, 5.41) is 21.0. The fraction of sp³-hybridized carbons (Fsp3) is 0.0526. The van der Waals surface area contributed by atoms with Crippen LogP contribution >= 0.6 is 0 Å². The first-order chi connectivity index (χ1) is 11.5. The molecule has 0 radical (unpaired) electrons. The molecule has 4 rings (SSSR count). The second-order valence-corrected chi connectivity index (χ2v) is 5.78. The van der Waals surface area contributed by atoms with E-state index >= 15 is 0 Å². The molecule has 0 saturated heterocycles. The van der Waals surface area contributed by atoms with Crippen molar-refractivity contribution in [1.29, 1.82) is 0 Å². The molecular formula is C19H13NO4. The van der Waals surface area contributed by atoms with E-state index in [9.17, 15) is 19.8 Å². The Bertz CT molecular complexity index is 1020. The fourth-order valence-corrected chi connectivity index (χ4v) is 3.11. The summed E-state index contributed by atoms with van der Waals surface area (Å²) < 4.78 is 1.11. The Hall–Kier alpha value is -3.34. The van der Waals surface area contributed by atoms with Crippen LogP contribution in [0.15, 0.2) is 48.5 Å². The molecule has 0 saturated carbocycles. The van der Waals surface area contributed by atoms with Crippen LogP contribution in [0.3, 0.4) is 0 Å². The van der Waals surface area contributed by atoms with Crippen molar-refractivity contribution in [1.82, 2.24) is 4.57 Å². The van der Waals surface area contributed by atoms with E-state index in [2.05, 4.69) is 0 Å². The Kier molecular flexibility index (Phi) is 2.87. The van der Waals surface area contributed by atoms with Gasteiger partial charge in [-0.2, -0.15) is 0 Å². The molecule has 1 heterocycles. The molecule has 1 aliphatic carbocycles. The Morgan fingerprint density at radius 2 is 1.38 bits per heavy atom. The van der Waals surface area contributed by atoms with Gasteiger partial charge in [-0.1, -0.05) is 35.9 Å². The molecule has 0 aliphatic heterocycles. The van der Waals surface area contributed by atoms with E-state index in [4.69, 9.17) is 0 Å². The average molecular weight is 319 g/mol. The third-order valence-corrected chi connectivity index (χ3v) is 4.25. The molecule has 1 aromatic heterocycles. The highest BCUT2D eigenvalue weighted by Crippen LogP contribution is 2.42. The van der Waals surface area contributed by atoms with E-state index in [1.807, 2.05) is 6.92 Å². The highest BCUT2D eigenvalue weighted by molar-refractivity contribution is 6.30. The maximum absolute atomic E-state index is 12.8. The predicted molar refractivity (Wildman–Crippen MR) is 87.1 cm³/mol. The summed E-state index contributed by atoms with van der Waals surface area (Å²) in [5.41, 5.74) is 1.47. The van der Waals surface area contributed by atoms with E-state index in [1.54, 1.807) is 48.5 Å². The number of carbonyl (C=O) groups excluding carboxylic acids is 2. The predicted octanol–water partition coefficient (Wildman–Crippen LogP) is 2.97. The topological polar surface area (TPSA) is 79.5 Å². The van der Waals surface area contributed by atoms with Crippen LogP contribution in [0.5, 0.6) is 11.8 Å². The molecular weight excluding hydrogens is 306 g/mol. The first-order valence-electron chi connectivity index (χ1n) is 7.42. The van der Waals surface area contributed by atoms with Crippen LogP contribution in [0.1, 0.15) is 37.4 Å². The lowest BCUT2D eigenvalue weighted by Crippen LogP contribution is -2.19. The van der Waals surface area contributed by atoms with Crippen molar-refractivity contribution in [2.75, 3.05) is 0 Å². The zero-order valence-corrected chi connectivity index (χ0v) is 12.8. The molecule has 5 heteroatoms. The highest BCUT2D eigenvalue weighted by Gasteiger charge is 2.38. The lowest BCUT2D eigenvalue weighted by Gasteiger charge is -2.14. The van der Waals surface area contributed by atoms with Gasteiger partial charge in [-0.15, -0.1) is 0 Å². The summed E-state index contributed by atoms with van der Waals surface area (Å²) in [5.74, 6) is -1.80. The molecule has 0 atom stereocenters. The van der Waals surface area contributed by atoms with Crippen molar-refractivity contribution in [2.24, 2.45) is 0 Å². The molecule has 0 unspecified atom stereocenters. The number of ketones is 2. The van der Waals surface area contributed by atoms with Crippen molar-refractivity contribution >= 4 is 11.6 Å². The van der Waals surface area contributed by atoms with Crippen molar-refractivity contribution < 1.29 is 19.8 Å². The third-order valence-electron chi connectivity index (χ3n) is 4.25. The largest absolute Gasteiger partial charge is 0.494 e. The molecule has 1 aliphatic rings. The maximum Gasteiger partial charge on any atom is 0.210 e. The normalized spacial score (nSPS) is 12.9. The van der Waals surface area contributed by atoms with E-state index in [-0.39, 0.29) is 22.3 Å². The highest BCUT2D eigenvalue weighted by atomic mass is 16.3. The first kappa shape index (κ1) is 14.3. The second-order valence-electron chi connectivity index (χ2n) is 5.78. The minimum Gasteiger partial charge on any atom is -0.494 e. The Labute approximate surface area is 137 Å². The molecule has 5 nitrogen and oxygen atoms in total. The van der Waals surface area contributed by atoms with Crippen molar-refractivity contribution in [3.05, 3.63) is 76.3 Å². The summed E-state index contributed by atoms with van der Waals surface area (Å²) >= 11 is 0. The molecule has 0 fully saturated rings. The van der Waals surface area contributed by atoms with Crippen LogP contribution in [0.2, 0.25) is 0 Å². The number of carbonyl (C=O) groups is 2. The number of fused-ring (bicyclic) bond motifs is 2. The summed E-state index contributed by atoms with van der Waals surface area (Å²) in [7, 11) is 0. The van der Waals surface area contributed by atoms with Crippen molar-refractivity contribution in [2.45, 2.75) is 6.92 Å². The number of hydrogen-bond acceptors (Lipinski definition) is 4. The van der Waals surface area contributed by atoms with Gasteiger partial charge >= 0.3 is 0 Å². The van der Waals surface area contributed by atoms with Gasteiger partial charge in [-0.05, 0) is 25.1 Å². The summed E-state index contributed by atoms with van der Waals surface area (Å²) in [6.45, 7) is 1.82. The first-order valence-corrected chi connectivity index (χ1v) is 7.42.